The third kappa shape index (κ3) is 5.07. The topological polar surface area (TPSA) is 70.9 Å². The molecular formula is C17H16Br2N2O3. The molecule has 0 aliphatic rings. The maximum absolute atomic E-state index is 11.9. The Labute approximate surface area is 157 Å². The Hall–Kier alpha value is -1.86. The zero-order chi connectivity index (χ0) is 17.7. The lowest BCUT2D eigenvalue weighted by atomic mass is 10.1. The van der Waals surface area contributed by atoms with Gasteiger partial charge in [0.15, 0.2) is 6.61 Å². The van der Waals surface area contributed by atoms with Crippen LogP contribution in [0.5, 0.6) is 11.5 Å². The van der Waals surface area contributed by atoms with Gasteiger partial charge >= 0.3 is 0 Å². The number of benzene rings is 2. The highest BCUT2D eigenvalue weighted by atomic mass is 79.9. The molecule has 2 N–H and O–H groups in total. The monoisotopic (exact) mass is 454 g/mol. The highest BCUT2D eigenvalue weighted by Gasteiger charge is 2.10. The number of hydrazone groups is 1. The summed E-state index contributed by atoms with van der Waals surface area (Å²) in [5, 5.41) is 13.3. The van der Waals surface area contributed by atoms with Crippen molar-refractivity contribution in [3.05, 3.63) is 56.5 Å². The number of rotatable bonds is 5. The molecule has 0 bridgehead atoms. The molecule has 0 saturated carbocycles. The van der Waals surface area contributed by atoms with Crippen LogP contribution in [0.2, 0.25) is 0 Å². The molecule has 0 radical (unpaired) electrons. The average molecular weight is 456 g/mol. The maximum atomic E-state index is 11.9. The Morgan fingerprint density at radius 3 is 2.38 bits per heavy atom. The quantitative estimate of drug-likeness (QED) is 0.525. The Kier molecular flexibility index (Phi) is 6.39. The number of carbonyl (C=O) groups is 1. The van der Waals surface area contributed by atoms with E-state index < -0.39 is 0 Å². The minimum Gasteiger partial charge on any atom is -0.508 e. The number of carbonyl (C=O) groups excluding carboxylic acids is 1. The molecule has 5 nitrogen and oxygen atoms in total. The number of hydrogen-bond acceptors (Lipinski definition) is 4. The second-order valence-corrected chi connectivity index (χ2v) is 6.83. The van der Waals surface area contributed by atoms with Crippen molar-refractivity contribution in [1.29, 1.82) is 0 Å². The first kappa shape index (κ1) is 18.5. The summed E-state index contributed by atoms with van der Waals surface area (Å²) in [6.07, 6.45) is 0. The van der Waals surface area contributed by atoms with Crippen LogP contribution < -0.4 is 10.2 Å². The van der Waals surface area contributed by atoms with E-state index in [2.05, 4.69) is 42.4 Å². The molecule has 1 amide bonds. The van der Waals surface area contributed by atoms with E-state index in [-0.39, 0.29) is 18.3 Å². The minimum absolute atomic E-state index is 0.160. The molecule has 2 aromatic carbocycles. The molecule has 0 saturated heterocycles. The highest BCUT2D eigenvalue weighted by molar-refractivity contribution is 9.11. The van der Waals surface area contributed by atoms with Crippen LogP contribution in [0.25, 0.3) is 0 Å². The summed E-state index contributed by atoms with van der Waals surface area (Å²) >= 11 is 6.82. The van der Waals surface area contributed by atoms with E-state index >= 15 is 0 Å². The lowest BCUT2D eigenvalue weighted by Crippen LogP contribution is -2.25. The molecule has 7 heteroatoms. The van der Waals surface area contributed by atoms with Gasteiger partial charge in [-0.15, -0.1) is 0 Å². The van der Waals surface area contributed by atoms with Crippen LogP contribution >= 0.6 is 31.9 Å². The summed E-state index contributed by atoms with van der Waals surface area (Å²) < 4.78 is 7.07. The maximum Gasteiger partial charge on any atom is 0.277 e. The predicted octanol–water partition coefficient (Wildman–Crippen LogP) is 4.14. The average Bonchev–Trinajstić information content (AvgIpc) is 2.52. The standard InChI is InChI=1S/C17H16Br2N2O3/c1-10-7-14(18)17(15(19)8-10)24-9-16(23)21-20-11(2)12-3-5-13(22)6-4-12/h3-8,22H,9H2,1-2H3,(H,21,23)/b20-11-. The van der Waals surface area contributed by atoms with E-state index in [9.17, 15) is 9.90 Å². The van der Waals surface area contributed by atoms with Gasteiger partial charge in [0.1, 0.15) is 11.5 Å². The van der Waals surface area contributed by atoms with Crippen molar-refractivity contribution in [2.75, 3.05) is 6.61 Å². The molecule has 24 heavy (non-hydrogen) atoms. The van der Waals surface area contributed by atoms with E-state index in [1.807, 2.05) is 19.1 Å². The normalized spacial score (nSPS) is 11.2. The van der Waals surface area contributed by atoms with Gasteiger partial charge in [0.2, 0.25) is 0 Å². The van der Waals surface area contributed by atoms with Crippen LogP contribution in [-0.4, -0.2) is 23.3 Å². The fraction of sp³-hybridized carbons (Fsp3) is 0.176. The zero-order valence-electron chi connectivity index (χ0n) is 13.1. The number of amides is 1. The van der Waals surface area contributed by atoms with E-state index in [0.29, 0.717) is 11.5 Å². The third-order valence-corrected chi connectivity index (χ3v) is 4.30. The molecule has 0 aromatic heterocycles. The number of phenols is 1. The number of hydrogen-bond donors (Lipinski definition) is 2. The summed E-state index contributed by atoms with van der Waals surface area (Å²) in [7, 11) is 0. The molecule has 0 fully saturated rings. The zero-order valence-corrected chi connectivity index (χ0v) is 16.3. The van der Waals surface area contributed by atoms with Gasteiger partial charge < -0.3 is 9.84 Å². The van der Waals surface area contributed by atoms with Gasteiger partial charge in [-0.3, -0.25) is 4.79 Å². The lowest BCUT2D eigenvalue weighted by molar-refractivity contribution is -0.123. The SMILES string of the molecule is C/C(=N/NC(=O)COc1c(Br)cc(C)cc1Br)c1ccc(O)cc1. The molecule has 0 spiro atoms. The van der Waals surface area contributed by atoms with Crippen molar-refractivity contribution < 1.29 is 14.6 Å². The Morgan fingerprint density at radius 2 is 1.79 bits per heavy atom. The lowest BCUT2D eigenvalue weighted by Gasteiger charge is -2.10. The van der Waals surface area contributed by atoms with Gasteiger partial charge in [-0.2, -0.15) is 5.10 Å². The van der Waals surface area contributed by atoms with Crippen molar-refractivity contribution >= 4 is 43.5 Å². The van der Waals surface area contributed by atoms with Crippen molar-refractivity contribution in [3.63, 3.8) is 0 Å². The molecule has 0 aliphatic heterocycles. The van der Waals surface area contributed by atoms with Crippen molar-refractivity contribution in [3.8, 4) is 11.5 Å². The van der Waals surface area contributed by atoms with Crippen LogP contribution in [0, 0.1) is 6.92 Å². The van der Waals surface area contributed by atoms with Crippen molar-refractivity contribution in [2.24, 2.45) is 5.10 Å². The number of nitrogens with one attached hydrogen (secondary N) is 1. The Bertz CT molecular complexity index is 751. The predicted molar refractivity (Wildman–Crippen MR) is 101 cm³/mol. The molecule has 2 aromatic rings. The van der Waals surface area contributed by atoms with E-state index in [1.165, 1.54) is 0 Å². The van der Waals surface area contributed by atoms with Gasteiger partial charge in [-0.1, -0.05) is 0 Å². The molecule has 126 valence electrons. The number of ether oxygens (including phenoxy) is 1. The first-order chi connectivity index (χ1) is 11.4. The van der Waals surface area contributed by atoms with E-state index in [4.69, 9.17) is 4.74 Å². The van der Waals surface area contributed by atoms with Gasteiger partial charge in [-0.25, -0.2) is 5.43 Å². The van der Waals surface area contributed by atoms with Crippen molar-refractivity contribution in [1.82, 2.24) is 5.43 Å². The molecule has 0 heterocycles. The number of aryl methyl sites for hydroxylation is 1. The number of nitrogens with zero attached hydrogens (tertiary/aromatic N) is 1. The van der Waals surface area contributed by atoms with Gasteiger partial charge in [0, 0.05) is 0 Å². The van der Waals surface area contributed by atoms with Crippen LogP contribution in [0.4, 0.5) is 0 Å². The molecule has 0 unspecified atom stereocenters. The van der Waals surface area contributed by atoms with Gasteiger partial charge in [0.05, 0.1) is 14.7 Å². The molecule has 2 rings (SSSR count). The van der Waals surface area contributed by atoms with Crippen molar-refractivity contribution in [2.45, 2.75) is 13.8 Å². The van der Waals surface area contributed by atoms with E-state index in [1.54, 1.807) is 31.2 Å². The Morgan fingerprint density at radius 1 is 1.21 bits per heavy atom. The fourth-order valence-corrected chi connectivity index (χ4v) is 3.55. The number of phenolic OH excluding ortho intramolecular Hbond substituents is 1. The second-order valence-electron chi connectivity index (χ2n) is 5.13. The smallest absolute Gasteiger partial charge is 0.277 e. The Balaban J connectivity index is 1.94. The summed E-state index contributed by atoms with van der Waals surface area (Å²) in [6, 6.07) is 10.4. The van der Waals surface area contributed by atoms with Crippen LogP contribution in [-0.2, 0) is 4.79 Å². The molecular weight excluding hydrogens is 440 g/mol. The van der Waals surface area contributed by atoms with Crippen LogP contribution in [0.3, 0.4) is 0 Å². The van der Waals surface area contributed by atoms with Gasteiger partial charge in [0.25, 0.3) is 5.91 Å². The van der Waals surface area contributed by atoms with E-state index in [0.717, 1.165) is 20.1 Å². The largest absolute Gasteiger partial charge is 0.508 e. The van der Waals surface area contributed by atoms with Crippen LogP contribution in [0.15, 0.2) is 50.4 Å². The summed E-state index contributed by atoms with van der Waals surface area (Å²) in [6.45, 7) is 3.57. The highest BCUT2D eigenvalue weighted by Crippen LogP contribution is 2.34. The van der Waals surface area contributed by atoms with Gasteiger partial charge in [-0.05, 0) is 93.2 Å². The fourth-order valence-electron chi connectivity index (χ4n) is 1.91. The number of aromatic hydroxyl groups is 1. The minimum atomic E-state index is -0.368. The summed E-state index contributed by atoms with van der Waals surface area (Å²) in [5.41, 5.74) is 4.95. The summed E-state index contributed by atoms with van der Waals surface area (Å²) in [4.78, 5) is 11.9. The van der Waals surface area contributed by atoms with Crippen LogP contribution in [0.1, 0.15) is 18.1 Å². The molecule has 0 atom stereocenters. The third-order valence-electron chi connectivity index (χ3n) is 3.12. The summed E-state index contributed by atoms with van der Waals surface area (Å²) in [5.74, 6) is 0.376. The second kappa shape index (κ2) is 8.30. The first-order valence-corrected chi connectivity index (χ1v) is 8.66. The first-order valence-electron chi connectivity index (χ1n) is 7.08. The molecule has 0 aliphatic carbocycles. The number of halogens is 2.